The first kappa shape index (κ1) is 21.0. The molecule has 1 aliphatic heterocycles. The number of nitrogens with one attached hydrogen (secondary N) is 1. The van der Waals surface area contributed by atoms with Gasteiger partial charge in [-0.1, -0.05) is 6.92 Å². The second kappa shape index (κ2) is 11.5. The summed E-state index contributed by atoms with van der Waals surface area (Å²) in [6, 6.07) is 0. The van der Waals surface area contributed by atoms with E-state index in [0.717, 1.165) is 44.1 Å². The van der Waals surface area contributed by atoms with E-state index in [0.29, 0.717) is 0 Å². The molecule has 23 heavy (non-hydrogen) atoms. The zero-order chi connectivity index (χ0) is 15.8. The van der Waals surface area contributed by atoms with Gasteiger partial charge in [0.15, 0.2) is 5.96 Å². The van der Waals surface area contributed by atoms with E-state index in [1.54, 1.807) is 0 Å². The van der Waals surface area contributed by atoms with Gasteiger partial charge in [-0.3, -0.25) is 4.99 Å². The fourth-order valence-electron chi connectivity index (χ4n) is 3.06. The number of aliphatic imine (C=N–C) groups is 1. The second-order valence-corrected chi connectivity index (χ2v) is 6.82. The first-order valence-electron chi connectivity index (χ1n) is 8.94. The highest BCUT2D eigenvalue weighted by Gasteiger charge is 2.22. The molecule has 1 heterocycles. The van der Waals surface area contributed by atoms with Crippen molar-refractivity contribution in [2.75, 3.05) is 60.0 Å². The van der Waals surface area contributed by atoms with E-state index >= 15 is 0 Å². The van der Waals surface area contributed by atoms with Crippen molar-refractivity contribution in [3.63, 3.8) is 0 Å². The Morgan fingerprint density at radius 2 is 2.09 bits per heavy atom. The average Bonchev–Trinajstić information content (AvgIpc) is 3.24. The van der Waals surface area contributed by atoms with E-state index in [2.05, 4.69) is 34.1 Å². The Hall–Kier alpha value is -0.0800. The summed E-state index contributed by atoms with van der Waals surface area (Å²) in [5.41, 5.74) is 0. The van der Waals surface area contributed by atoms with Gasteiger partial charge in [-0.15, -0.1) is 24.0 Å². The summed E-state index contributed by atoms with van der Waals surface area (Å²) in [6.45, 7) is 9.64. The monoisotopic (exact) mass is 438 g/mol. The van der Waals surface area contributed by atoms with Crippen molar-refractivity contribution >= 4 is 29.9 Å². The Labute approximate surface area is 159 Å². The Morgan fingerprint density at radius 1 is 1.30 bits per heavy atom. The highest BCUT2D eigenvalue weighted by molar-refractivity contribution is 14.0. The number of guanidine groups is 1. The molecular formula is C17H35IN4O. The van der Waals surface area contributed by atoms with Crippen LogP contribution in [-0.2, 0) is 4.74 Å². The molecule has 1 N–H and O–H groups in total. The minimum Gasteiger partial charge on any atom is -0.379 e. The molecule has 2 rings (SSSR count). The predicted molar refractivity (Wildman–Crippen MR) is 108 cm³/mol. The lowest BCUT2D eigenvalue weighted by Gasteiger charge is -2.23. The average molecular weight is 438 g/mol. The zero-order valence-corrected chi connectivity index (χ0v) is 17.4. The largest absolute Gasteiger partial charge is 0.379 e. The molecule has 1 saturated heterocycles. The summed E-state index contributed by atoms with van der Waals surface area (Å²) in [5, 5.41) is 3.53. The Kier molecular flexibility index (Phi) is 10.5. The van der Waals surface area contributed by atoms with E-state index in [9.17, 15) is 0 Å². The second-order valence-electron chi connectivity index (χ2n) is 6.82. The van der Waals surface area contributed by atoms with Crippen molar-refractivity contribution < 1.29 is 4.74 Å². The maximum absolute atomic E-state index is 5.71. The van der Waals surface area contributed by atoms with Gasteiger partial charge in [-0.05, 0) is 50.6 Å². The molecule has 6 heteroatoms. The molecule has 0 amide bonds. The van der Waals surface area contributed by atoms with Gasteiger partial charge >= 0.3 is 0 Å². The molecule has 1 unspecified atom stereocenters. The van der Waals surface area contributed by atoms with Crippen molar-refractivity contribution in [1.29, 1.82) is 0 Å². The van der Waals surface area contributed by atoms with Gasteiger partial charge in [0.1, 0.15) is 0 Å². The van der Waals surface area contributed by atoms with Gasteiger partial charge in [0.25, 0.3) is 0 Å². The summed E-state index contributed by atoms with van der Waals surface area (Å²) < 4.78 is 5.71. The van der Waals surface area contributed by atoms with Crippen LogP contribution in [0.5, 0.6) is 0 Å². The lowest BCUT2D eigenvalue weighted by molar-refractivity contribution is 0.115. The van der Waals surface area contributed by atoms with E-state index in [1.807, 2.05) is 7.05 Å². The van der Waals surface area contributed by atoms with Gasteiger partial charge in [-0.25, -0.2) is 0 Å². The van der Waals surface area contributed by atoms with Crippen molar-refractivity contribution in [2.45, 2.75) is 32.6 Å². The fraction of sp³-hybridized carbons (Fsp3) is 0.941. The fourth-order valence-corrected chi connectivity index (χ4v) is 3.06. The van der Waals surface area contributed by atoms with Crippen LogP contribution in [0.25, 0.3) is 0 Å². The van der Waals surface area contributed by atoms with E-state index < -0.39 is 0 Å². The molecule has 1 atom stereocenters. The van der Waals surface area contributed by atoms with E-state index in [-0.39, 0.29) is 24.0 Å². The van der Waals surface area contributed by atoms with Crippen LogP contribution in [0.15, 0.2) is 4.99 Å². The lowest BCUT2D eigenvalue weighted by atomic mass is 10.1. The SMILES string of the molecule is CCCN1CCC(CNC(=NC)N(C)CCOCC2CC2)C1.I. The smallest absolute Gasteiger partial charge is 0.193 e. The van der Waals surface area contributed by atoms with Crippen molar-refractivity contribution in [1.82, 2.24) is 15.1 Å². The van der Waals surface area contributed by atoms with Gasteiger partial charge in [0, 0.05) is 40.3 Å². The van der Waals surface area contributed by atoms with Crippen molar-refractivity contribution in [3.05, 3.63) is 0 Å². The van der Waals surface area contributed by atoms with Gasteiger partial charge in [0.05, 0.1) is 6.61 Å². The Balaban J connectivity index is 0.00000264. The zero-order valence-electron chi connectivity index (χ0n) is 15.1. The third kappa shape index (κ3) is 8.03. The number of nitrogens with zero attached hydrogens (tertiary/aromatic N) is 3. The molecule has 2 aliphatic rings. The van der Waals surface area contributed by atoms with Crippen LogP contribution in [0.4, 0.5) is 0 Å². The molecule has 1 saturated carbocycles. The maximum Gasteiger partial charge on any atom is 0.193 e. The highest BCUT2D eigenvalue weighted by atomic mass is 127. The maximum atomic E-state index is 5.71. The number of hydrogen-bond acceptors (Lipinski definition) is 3. The lowest BCUT2D eigenvalue weighted by Crippen LogP contribution is -2.42. The number of hydrogen-bond donors (Lipinski definition) is 1. The number of rotatable bonds is 9. The molecule has 0 spiro atoms. The quantitative estimate of drug-likeness (QED) is 0.260. The summed E-state index contributed by atoms with van der Waals surface area (Å²) >= 11 is 0. The van der Waals surface area contributed by atoms with Gasteiger partial charge < -0.3 is 19.9 Å². The molecule has 2 fully saturated rings. The number of likely N-dealkylation sites (N-methyl/N-ethyl adjacent to an activating group) is 1. The highest BCUT2D eigenvalue weighted by Crippen LogP contribution is 2.28. The van der Waals surface area contributed by atoms with E-state index in [4.69, 9.17) is 4.74 Å². The van der Waals surface area contributed by atoms with Gasteiger partial charge in [-0.2, -0.15) is 0 Å². The summed E-state index contributed by atoms with van der Waals surface area (Å²) in [7, 11) is 3.95. The normalized spacial score (nSPS) is 22.0. The third-order valence-corrected chi connectivity index (χ3v) is 4.65. The number of ether oxygens (including phenoxy) is 1. The number of likely N-dealkylation sites (tertiary alicyclic amines) is 1. The first-order chi connectivity index (χ1) is 10.7. The first-order valence-corrected chi connectivity index (χ1v) is 8.94. The molecule has 5 nitrogen and oxygen atoms in total. The minimum atomic E-state index is 0. The van der Waals surface area contributed by atoms with Crippen LogP contribution >= 0.6 is 24.0 Å². The molecule has 0 aromatic heterocycles. The third-order valence-electron chi connectivity index (χ3n) is 4.65. The van der Waals surface area contributed by atoms with Crippen molar-refractivity contribution in [3.8, 4) is 0 Å². The Bertz CT molecular complexity index is 349. The Morgan fingerprint density at radius 3 is 2.74 bits per heavy atom. The van der Waals surface area contributed by atoms with Crippen LogP contribution in [0.2, 0.25) is 0 Å². The van der Waals surface area contributed by atoms with Crippen LogP contribution < -0.4 is 5.32 Å². The summed E-state index contributed by atoms with van der Waals surface area (Å²) in [6.07, 6.45) is 5.27. The topological polar surface area (TPSA) is 40.1 Å². The standard InChI is InChI=1S/C17H34N4O.HI/c1-4-8-21-9-7-16(13-21)12-19-17(18-2)20(3)10-11-22-14-15-5-6-15;/h15-16H,4-14H2,1-3H3,(H,18,19);1H. The molecule has 0 aromatic carbocycles. The summed E-state index contributed by atoms with van der Waals surface area (Å²) in [4.78, 5) is 9.14. The molecule has 1 aliphatic carbocycles. The van der Waals surface area contributed by atoms with Crippen LogP contribution in [0.1, 0.15) is 32.6 Å². The van der Waals surface area contributed by atoms with E-state index in [1.165, 1.54) is 45.3 Å². The van der Waals surface area contributed by atoms with Gasteiger partial charge in [0.2, 0.25) is 0 Å². The van der Waals surface area contributed by atoms with Crippen LogP contribution in [0.3, 0.4) is 0 Å². The molecular weight excluding hydrogens is 403 g/mol. The van der Waals surface area contributed by atoms with Crippen molar-refractivity contribution in [2.24, 2.45) is 16.8 Å². The molecule has 0 bridgehead atoms. The molecule has 0 aromatic rings. The molecule has 0 radical (unpaired) electrons. The van der Waals surface area contributed by atoms with Crippen LogP contribution in [0, 0.1) is 11.8 Å². The molecule has 136 valence electrons. The minimum absolute atomic E-state index is 0. The summed E-state index contributed by atoms with van der Waals surface area (Å²) in [5.74, 6) is 2.59. The van der Waals surface area contributed by atoms with Crippen LogP contribution in [-0.4, -0.2) is 75.8 Å². The predicted octanol–water partition coefficient (Wildman–Crippen LogP) is 2.27. The number of halogens is 1.